The second-order valence-electron chi connectivity index (χ2n) is 7.64. The van der Waals surface area contributed by atoms with Crippen molar-refractivity contribution in [3.63, 3.8) is 0 Å². The molecule has 0 saturated heterocycles. The van der Waals surface area contributed by atoms with Crippen LogP contribution in [0.15, 0.2) is 47.0 Å². The molecule has 33 heavy (non-hydrogen) atoms. The number of fused-ring (bicyclic) bond motifs is 1. The molecule has 2 N–H and O–H groups in total. The normalized spacial score (nSPS) is 11.0. The molecule has 0 fully saturated rings. The Morgan fingerprint density at radius 2 is 2.03 bits per heavy atom. The van der Waals surface area contributed by atoms with Crippen molar-refractivity contribution in [1.29, 1.82) is 5.26 Å². The molecule has 162 valence electrons. The largest absolute Gasteiger partial charge is 0.361 e. The van der Waals surface area contributed by atoms with Crippen molar-refractivity contribution in [3.8, 4) is 28.6 Å². The summed E-state index contributed by atoms with van der Waals surface area (Å²) in [6, 6.07) is 14.8. The van der Waals surface area contributed by atoms with Gasteiger partial charge in [-0.25, -0.2) is 5.10 Å². The molecular formula is C23H18N8O2. The number of aromatic nitrogens is 6. The molecule has 3 heterocycles. The molecule has 0 aliphatic carbocycles. The number of nitrogens with zero attached hydrogens (tertiary/aromatic N) is 6. The van der Waals surface area contributed by atoms with Gasteiger partial charge in [-0.3, -0.25) is 4.79 Å². The van der Waals surface area contributed by atoms with Crippen LogP contribution in [-0.2, 0) is 7.05 Å². The van der Waals surface area contributed by atoms with Crippen LogP contribution in [0.3, 0.4) is 0 Å². The Balaban J connectivity index is 1.52. The minimum absolute atomic E-state index is 0.300. The molecule has 0 radical (unpaired) electrons. The van der Waals surface area contributed by atoms with E-state index in [4.69, 9.17) is 4.52 Å². The van der Waals surface area contributed by atoms with E-state index in [1.54, 1.807) is 18.2 Å². The summed E-state index contributed by atoms with van der Waals surface area (Å²) in [7, 11) is 1.84. The lowest BCUT2D eigenvalue weighted by Crippen LogP contribution is -2.16. The maximum atomic E-state index is 13.2. The zero-order valence-corrected chi connectivity index (χ0v) is 18.0. The van der Waals surface area contributed by atoms with Crippen LogP contribution in [0.1, 0.15) is 27.5 Å². The lowest BCUT2D eigenvalue weighted by atomic mass is 10.0. The van der Waals surface area contributed by atoms with Crippen molar-refractivity contribution >= 4 is 22.5 Å². The average molecular weight is 438 g/mol. The number of aryl methyl sites for hydroxylation is 3. The molecule has 10 nitrogen and oxygen atoms in total. The summed E-state index contributed by atoms with van der Waals surface area (Å²) in [6.07, 6.45) is 0. The predicted molar refractivity (Wildman–Crippen MR) is 120 cm³/mol. The van der Waals surface area contributed by atoms with Gasteiger partial charge in [0.05, 0.1) is 23.0 Å². The van der Waals surface area contributed by atoms with Crippen LogP contribution in [0.5, 0.6) is 0 Å². The number of hydrogen-bond donors (Lipinski definition) is 2. The topological polar surface area (TPSA) is 138 Å². The number of tetrazole rings is 1. The van der Waals surface area contributed by atoms with E-state index in [2.05, 4.69) is 37.2 Å². The van der Waals surface area contributed by atoms with Crippen LogP contribution in [0.25, 0.3) is 33.4 Å². The summed E-state index contributed by atoms with van der Waals surface area (Å²) >= 11 is 0. The molecule has 0 atom stereocenters. The first-order valence-corrected chi connectivity index (χ1v) is 10.1. The van der Waals surface area contributed by atoms with Gasteiger partial charge in [0.2, 0.25) is 0 Å². The number of benzene rings is 2. The Hall–Kier alpha value is -4.78. The first-order chi connectivity index (χ1) is 16.0. The fourth-order valence-corrected chi connectivity index (χ4v) is 3.98. The third kappa shape index (κ3) is 3.41. The molecule has 5 rings (SSSR count). The highest BCUT2D eigenvalue weighted by atomic mass is 16.5. The second kappa shape index (κ2) is 7.72. The minimum Gasteiger partial charge on any atom is -0.361 e. The molecule has 1 amide bonds. The standard InChI is InChI=1S/C23H18N8O2/c1-12-21(13(2)33-28-12)16-6-5-15-9-20(31(3)19(15)10-16)23(32)25-18-7-4-14(11-24)8-17(18)22-26-29-30-27-22/h4-10H,1-3H3,(H,25,32)(H,26,27,29,30). The smallest absolute Gasteiger partial charge is 0.272 e. The van der Waals surface area contributed by atoms with Gasteiger partial charge >= 0.3 is 0 Å². The van der Waals surface area contributed by atoms with Crippen molar-refractivity contribution < 1.29 is 9.32 Å². The summed E-state index contributed by atoms with van der Waals surface area (Å²) in [5.74, 6) is 0.795. The van der Waals surface area contributed by atoms with Crippen LogP contribution in [0, 0.1) is 25.2 Å². The van der Waals surface area contributed by atoms with E-state index in [-0.39, 0.29) is 5.91 Å². The molecule has 3 aromatic heterocycles. The minimum atomic E-state index is -0.300. The number of hydrogen-bond acceptors (Lipinski definition) is 7. The van der Waals surface area contributed by atoms with Crippen LogP contribution in [0.4, 0.5) is 5.69 Å². The molecule has 0 saturated carbocycles. The van der Waals surface area contributed by atoms with Gasteiger partial charge < -0.3 is 14.4 Å². The van der Waals surface area contributed by atoms with Gasteiger partial charge in [-0.1, -0.05) is 17.3 Å². The van der Waals surface area contributed by atoms with Crippen molar-refractivity contribution in [2.75, 3.05) is 5.32 Å². The maximum absolute atomic E-state index is 13.2. The Morgan fingerprint density at radius 1 is 1.18 bits per heavy atom. The quantitative estimate of drug-likeness (QED) is 0.436. The van der Waals surface area contributed by atoms with Crippen molar-refractivity contribution in [2.24, 2.45) is 7.05 Å². The lowest BCUT2D eigenvalue weighted by molar-refractivity contribution is 0.102. The molecule has 0 unspecified atom stereocenters. The van der Waals surface area contributed by atoms with E-state index in [9.17, 15) is 10.1 Å². The molecule has 0 aliphatic heterocycles. The monoisotopic (exact) mass is 438 g/mol. The van der Waals surface area contributed by atoms with Gasteiger partial charge in [0.1, 0.15) is 11.5 Å². The number of nitriles is 1. The number of aromatic amines is 1. The van der Waals surface area contributed by atoms with Crippen LogP contribution in [-0.4, -0.2) is 36.3 Å². The number of nitrogens with one attached hydrogen (secondary N) is 2. The van der Waals surface area contributed by atoms with Crippen LogP contribution >= 0.6 is 0 Å². The SMILES string of the molecule is Cc1noc(C)c1-c1ccc2cc(C(=O)Nc3ccc(C#N)cc3-c3nnn[nH]3)n(C)c2c1. The Morgan fingerprint density at radius 3 is 2.73 bits per heavy atom. The summed E-state index contributed by atoms with van der Waals surface area (Å²) < 4.78 is 7.14. The van der Waals surface area contributed by atoms with Gasteiger partial charge in [0.25, 0.3) is 5.91 Å². The first kappa shape index (κ1) is 20.1. The fourth-order valence-electron chi connectivity index (χ4n) is 3.98. The van der Waals surface area contributed by atoms with Crippen molar-refractivity contribution in [2.45, 2.75) is 13.8 Å². The Kier molecular flexibility index (Phi) is 4.71. The highest BCUT2D eigenvalue weighted by Crippen LogP contribution is 2.31. The fraction of sp³-hybridized carbons (Fsp3) is 0.130. The highest BCUT2D eigenvalue weighted by Gasteiger charge is 2.19. The van der Waals surface area contributed by atoms with Gasteiger partial charge in [0.15, 0.2) is 5.82 Å². The van der Waals surface area contributed by atoms with E-state index in [0.29, 0.717) is 28.3 Å². The number of H-pyrrole nitrogens is 1. The molecule has 0 spiro atoms. The summed E-state index contributed by atoms with van der Waals surface area (Å²) in [4.78, 5) is 13.2. The van der Waals surface area contributed by atoms with E-state index >= 15 is 0 Å². The van der Waals surface area contributed by atoms with Gasteiger partial charge in [-0.05, 0) is 60.2 Å². The molecule has 0 bridgehead atoms. The number of anilines is 1. The predicted octanol–water partition coefficient (Wildman–Crippen LogP) is 3.75. The van der Waals surface area contributed by atoms with Crippen LogP contribution < -0.4 is 5.32 Å². The summed E-state index contributed by atoms with van der Waals surface area (Å²) in [5, 5.41) is 30.9. The number of amides is 1. The van der Waals surface area contributed by atoms with E-state index < -0.39 is 0 Å². The van der Waals surface area contributed by atoms with E-state index in [1.807, 2.05) is 49.7 Å². The molecule has 2 aromatic carbocycles. The third-order valence-corrected chi connectivity index (χ3v) is 5.60. The van der Waals surface area contributed by atoms with Gasteiger partial charge in [0, 0.05) is 29.1 Å². The Bertz CT molecular complexity index is 1530. The van der Waals surface area contributed by atoms with Crippen LogP contribution in [0.2, 0.25) is 0 Å². The average Bonchev–Trinajstić information content (AvgIpc) is 3.54. The zero-order chi connectivity index (χ0) is 23.1. The Labute approximate surface area is 187 Å². The van der Waals surface area contributed by atoms with Crippen molar-refractivity contribution in [1.82, 2.24) is 30.3 Å². The highest BCUT2D eigenvalue weighted by molar-refractivity contribution is 6.08. The molecule has 0 aliphatic rings. The van der Waals surface area contributed by atoms with Crippen molar-refractivity contribution in [3.05, 3.63) is 65.2 Å². The maximum Gasteiger partial charge on any atom is 0.272 e. The second-order valence-corrected chi connectivity index (χ2v) is 7.64. The lowest BCUT2D eigenvalue weighted by Gasteiger charge is -2.10. The number of rotatable bonds is 4. The third-order valence-electron chi connectivity index (χ3n) is 5.60. The van der Waals surface area contributed by atoms with Gasteiger partial charge in [-0.15, -0.1) is 5.10 Å². The molecule has 5 aromatic rings. The number of carbonyl (C=O) groups is 1. The summed E-state index contributed by atoms with van der Waals surface area (Å²) in [5.41, 5.74) is 5.55. The molecule has 10 heteroatoms. The molecular weight excluding hydrogens is 420 g/mol. The van der Waals surface area contributed by atoms with E-state index in [0.717, 1.165) is 33.5 Å². The number of carbonyl (C=O) groups excluding carboxylic acids is 1. The van der Waals surface area contributed by atoms with E-state index in [1.165, 1.54) is 0 Å². The first-order valence-electron chi connectivity index (χ1n) is 10.1. The van der Waals surface area contributed by atoms with Gasteiger partial charge in [-0.2, -0.15) is 5.26 Å². The zero-order valence-electron chi connectivity index (χ0n) is 18.0. The summed E-state index contributed by atoms with van der Waals surface area (Å²) in [6.45, 7) is 3.78.